The molecule has 1 aromatic heterocycles. The van der Waals surface area contributed by atoms with E-state index in [2.05, 4.69) is 0 Å². The average Bonchev–Trinajstić information content (AvgIpc) is 3.05. The summed E-state index contributed by atoms with van der Waals surface area (Å²) in [7, 11) is 0. The number of amides is 1. The first-order valence-corrected chi connectivity index (χ1v) is 6.92. The van der Waals surface area contributed by atoms with Gasteiger partial charge in [-0.25, -0.2) is 4.79 Å². The zero-order valence-corrected chi connectivity index (χ0v) is 11.8. The smallest absolute Gasteiger partial charge is 0.338 e. The first-order valence-electron chi connectivity index (χ1n) is 6.92. The Balaban J connectivity index is 1.86. The standard InChI is InChI=1S/C16H15NO5/c18-15(14-8-12(9-22-14)16(19)20)17-6-7-21-10-13(17)11-4-2-1-3-5-11/h1-5,8-9,13H,6-7,10H2,(H,19,20)/t13-/m0/s1. The molecule has 1 aliphatic rings. The topological polar surface area (TPSA) is 80.0 Å². The van der Waals surface area contributed by atoms with Crippen molar-refractivity contribution in [2.45, 2.75) is 6.04 Å². The number of benzene rings is 1. The molecular formula is C16H15NO5. The molecule has 1 saturated heterocycles. The van der Waals surface area contributed by atoms with E-state index < -0.39 is 5.97 Å². The monoisotopic (exact) mass is 301 g/mol. The molecule has 1 aromatic carbocycles. The predicted molar refractivity (Wildman–Crippen MR) is 76.7 cm³/mol. The summed E-state index contributed by atoms with van der Waals surface area (Å²) in [5, 5.41) is 8.92. The van der Waals surface area contributed by atoms with Crippen molar-refractivity contribution < 1.29 is 23.8 Å². The summed E-state index contributed by atoms with van der Waals surface area (Å²) in [6.45, 7) is 1.28. The molecule has 1 fully saturated rings. The molecule has 0 unspecified atom stereocenters. The summed E-state index contributed by atoms with van der Waals surface area (Å²) < 4.78 is 10.6. The highest BCUT2D eigenvalue weighted by molar-refractivity contribution is 5.95. The molecule has 22 heavy (non-hydrogen) atoms. The molecule has 0 bridgehead atoms. The van der Waals surface area contributed by atoms with Crippen LogP contribution in [0.4, 0.5) is 0 Å². The zero-order valence-electron chi connectivity index (χ0n) is 11.8. The van der Waals surface area contributed by atoms with E-state index in [-0.39, 0.29) is 23.3 Å². The van der Waals surface area contributed by atoms with Crippen LogP contribution in [0.15, 0.2) is 47.1 Å². The maximum atomic E-state index is 12.6. The molecule has 1 atom stereocenters. The fourth-order valence-corrected chi connectivity index (χ4v) is 2.50. The van der Waals surface area contributed by atoms with E-state index in [9.17, 15) is 9.59 Å². The van der Waals surface area contributed by atoms with Crippen molar-refractivity contribution in [1.82, 2.24) is 4.90 Å². The Morgan fingerprint density at radius 3 is 2.68 bits per heavy atom. The van der Waals surface area contributed by atoms with Gasteiger partial charge in [0, 0.05) is 12.6 Å². The van der Waals surface area contributed by atoms with Gasteiger partial charge in [0.2, 0.25) is 0 Å². The summed E-state index contributed by atoms with van der Waals surface area (Å²) in [6.07, 6.45) is 1.08. The Kier molecular flexibility index (Phi) is 3.93. The Bertz CT molecular complexity index is 679. The fourth-order valence-electron chi connectivity index (χ4n) is 2.50. The van der Waals surface area contributed by atoms with Gasteiger partial charge in [-0.05, 0) is 5.56 Å². The van der Waals surface area contributed by atoms with Crippen molar-refractivity contribution >= 4 is 11.9 Å². The van der Waals surface area contributed by atoms with Crippen molar-refractivity contribution in [2.24, 2.45) is 0 Å². The number of carbonyl (C=O) groups excluding carboxylic acids is 1. The summed E-state index contributed by atoms with van der Waals surface area (Å²) in [6, 6.07) is 10.6. The second kappa shape index (κ2) is 6.03. The van der Waals surface area contributed by atoms with Gasteiger partial charge in [0.05, 0.1) is 24.8 Å². The van der Waals surface area contributed by atoms with Gasteiger partial charge in [0.1, 0.15) is 6.26 Å². The van der Waals surface area contributed by atoms with Gasteiger partial charge in [-0.2, -0.15) is 0 Å². The molecule has 114 valence electrons. The van der Waals surface area contributed by atoms with Crippen LogP contribution in [0, 0.1) is 0 Å². The van der Waals surface area contributed by atoms with Crippen molar-refractivity contribution in [3.05, 3.63) is 59.5 Å². The Morgan fingerprint density at radius 2 is 2.00 bits per heavy atom. The first-order chi connectivity index (χ1) is 10.7. The van der Waals surface area contributed by atoms with Crippen LogP contribution in [0.2, 0.25) is 0 Å². The highest BCUT2D eigenvalue weighted by atomic mass is 16.5. The van der Waals surface area contributed by atoms with Crippen LogP contribution in [-0.2, 0) is 4.74 Å². The molecule has 1 N–H and O–H groups in total. The van der Waals surface area contributed by atoms with E-state index in [1.165, 1.54) is 6.07 Å². The Morgan fingerprint density at radius 1 is 1.23 bits per heavy atom. The van der Waals surface area contributed by atoms with Crippen molar-refractivity contribution in [3.8, 4) is 0 Å². The number of morpholine rings is 1. The molecule has 3 rings (SSSR count). The second-order valence-electron chi connectivity index (χ2n) is 5.00. The molecule has 0 aliphatic carbocycles. The highest BCUT2D eigenvalue weighted by Crippen LogP contribution is 2.26. The lowest BCUT2D eigenvalue weighted by molar-refractivity contribution is -0.00425. The summed E-state index contributed by atoms with van der Waals surface area (Å²) in [5.74, 6) is -1.42. The largest absolute Gasteiger partial charge is 0.478 e. The lowest BCUT2D eigenvalue weighted by Gasteiger charge is -2.35. The normalized spacial score (nSPS) is 18.2. The van der Waals surface area contributed by atoms with Crippen LogP contribution in [0.5, 0.6) is 0 Å². The summed E-state index contributed by atoms with van der Waals surface area (Å²) in [5.41, 5.74) is 0.938. The minimum atomic E-state index is -1.12. The van der Waals surface area contributed by atoms with Gasteiger partial charge >= 0.3 is 5.97 Å². The van der Waals surface area contributed by atoms with Gasteiger partial charge in [-0.3, -0.25) is 4.79 Å². The number of aromatic carboxylic acids is 1. The van der Waals surface area contributed by atoms with Crippen molar-refractivity contribution in [1.29, 1.82) is 0 Å². The minimum absolute atomic E-state index is 0.0280. The first kappa shape index (κ1) is 14.3. The molecule has 0 spiro atoms. The molecule has 2 heterocycles. The third-order valence-corrected chi connectivity index (χ3v) is 3.63. The number of hydrogen-bond donors (Lipinski definition) is 1. The number of carboxylic acids is 1. The lowest BCUT2D eigenvalue weighted by atomic mass is 10.0. The predicted octanol–water partition coefficient (Wildman–Crippen LogP) is 2.19. The summed E-state index contributed by atoms with van der Waals surface area (Å²) in [4.78, 5) is 25.2. The molecule has 1 aliphatic heterocycles. The maximum Gasteiger partial charge on any atom is 0.338 e. The van der Waals surface area contributed by atoms with Crippen molar-refractivity contribution in [2.75, 3.05) is 19.8 Å². The summed E-state index contributed by atoms with van der Waals surface area (Å²) >= 11 is 0. The van der Waals surface area contributed by atoms with E-state index in [1.54, 1.807) is 4.90 Å². The number of hydrogen-bond acceptors (Lipinski definition) is 4. The average molecular weight is 301 g/mol. The SMILES string of the molecule is O=C(O)c1coc(C(=O)N2CCOC[C@H]2c2ccccc2)c1. The van der Waals surface area contributed by atoms with E-state index in [1.807, 2.05) is 30.3 Å². The minimum Gasteiger partial charge on any atom is -0.478 e. The van der Waals surface area contributed by atoms with E-state index in [0.29, 0.717) is 19.8 Å². The van der Waals surface area contributed by atoms with Crippen LogP contribution in [0.3, 0.4) is 0 Å². The van der Waals surface area contributed by atoms with Gasteiger partial charge in [0.15, 0.2) is 5.76 Å². The second-order valence-corrected chi connectivity index (χ2v) is 5.00. The molecule has 6 heteroatoms. The van der Waals surface area contributed by atoms with Crippen LogP contribution in [0.1, 0.15) is 32.5 Å². The number of furan rings is 1. The molecule has 6 nitrogen and oxygen atoms in total. The van der Waals surface area contributed by atoms with Crippen LogP contribution in [-0.4, -0.2) is 41.6 Å². The zero-order chi connectivity index (χ0) is 15.5. The molecule has 1 amide bonds. The lowest BCUT2D eigenvalue weighted by Crippen LogP contribution is -2.43. The Hall–Kier alpha value is -2.60. The van der Waals surface area contributed by atoms with Gasteiger partial charge in [-0.1, -0.05) is 30.3 Å². The van der Waals surface area contributed by atoms with Gasteiger partial charge < -0.3 is 19.2 Å². The molecule has 0 saturated carbocycles. The van der Waals surface area contributed by atoms with E-state index >= 15 is 0 Å². The molecule has 0 radical (unpaired) electrons. The third kappa shape index (κ3) is 2.73. The van der Waals surface area contributed by atoms with Crippen LogP contribution >= 0.6 is 0 Å². The third-order valence-electron chi connectivity index (χ3n) is 3.63. The van der Waals surface area contributed by atoms with Crippen LogP contribution in [0.25, 0.3) is 0 Å². The fraction of sp³-hybridized carbons (Fsp3) is 0.250. The maximum absolute atomic E-state index is 12.6. The number of carbonyl (C=O) groups is 2. The van der Waals surface area contributed by atoms with Gasteiger partial charge in [-0.15, -0.1) is 0 Å². The molecular weight excluding hydrogens is 286 g/mol. The van der Waals surface area contributed by atoms with E-state index in [4.69, 9.17) is 14.3 Å². The number of ether oxygens (including phenoxy) is 1. The number of rotatable bonds is 3. The highest BCUT2D eigenvalue weighted by Gasteiger charge is 2.31. The number of nitrogens with zero attached hydrogens (tertiary/aromatic N) is 1. The quantitative estimate of drug-likeness (QED) is 0.940. The van der Waals surface area contributed by atoms with E-state index in [0.717, 1.165) is 11.8 Å². The van der Waals surface area contributed by atoms with Gasteiger partial charge in [0.25, 0.3) is 5.91 Å². The van der Waals surface area contributed by atoms with Crippen LogP contribution < -0.4 is 0 Å². The Labute approximate surface area is 126 Å². The van der Waals surface area contributed by atoms with Crippen molar-refractivity contribution in [3.63, 3.8) is 0 Å². The number of carboxylic acid groups (broad SMARTS) is 1. The molecule has 2 aromatic rings.